The summed E-state index contributed by atoms with van der Waals surface area (Å²) in [6.07, 6.45) is 2.38. The van der Waals surface area contributed by atoms with Crippen LogP contribution >= 0.6 is 0 Å². The highest BCUT2D eigenvalue weighted by molar-refractivity contribution is 7.88. The minimum absolute atomic E-state index is 0.00861. The molecule has 0 unspecified atom stereocenters. The molecule has 1 heterocycles. The monoisotopic (exact) mass is 369 g/mol. The maximum absolute atomic E-state index is 12.2. The third-order valence-corrected chi connectivity index (χ3v) is 5.55. The van der Waals surface area contributed by atoms with Gasteiger partial charge in [0.2, 0.25) is 10.0 Å². The molecule has 0 saturated heterocycles. The normalized spacial score (nSPS) is 11.6. The van der Waals surface area contributed by atoms with Crippen molar-refractivity contribution in [3.63, 3.8) is 0 Å². The molecule has 1 aromatic heterocycles. The van der Waals surface area contributed by atoms with Crippen molar-refractivity contribution in [1.82, 2.24) is 14.3 Å². The van der Waals surface area contributed by atoms with Crippen molar-refractivity contribution in [3.05, 3.63) is 89.5 Å². The smallest absolute Gasteiger partial charge is 0.215 e. The molecule has 5 nitrogen and oxygen atoms in total. The number of imidazole rings is 1. The maximum atomic E-state index is 12.2. The van der Waals surface area contributed by atoms with Gasteiger partial charge in [0, 0.05) is 31.4 Å². The molecule has 0 saturated carbocycles. The summed E-state index contributed by atoms with van der Waals surface area (Å²) in [5.74, 6) is 0.875. The van der Waals surface area contributed by atoms with Crippen LogP contribution in [0.25, 0.3) is 0 Å². The zero-order valence-electron chi connectivity index (χ0n) is 14.8. The van der Waals surface area contributed by atoms with Crippen molar-refractivity contribution >= 4 is 10.0 Å². The molecule has 136 valence electrons. The van der Waals surface area contributed by atoms with Gasteiger partial charge in [-0.05, 0) is 18.1 Å². The molecule has 26 heavy (non-hydrogen) atoms. The van der Waals surface area contributed by atoms with Gasteiger partial charge in [-0.2, -0.15) is 0 Å². The fourth-order valence-corrected chi connectivity index (χ4v) is 4.00. The average molecular weight is 369 g/mol. The summed E-state index contributed by atoms with van der Waals surface area (Å²) in [7, 11) is -3.36. The van der Waals surface area contributed by atoms with E-state index in [-0.39, 0.29) is 5.75 Å². The lowest BCUT2D eigenvalue weighted by atomic mass is 10.2. The van der Waals surface area contributed by atoms with Gasteiger partial charge in [0.15, 0.2) is 0 Å². The summed E-state index contributed by atoms with van der Waals surface area (Å²) < 4.78 is 29.3. The van der Waals surface area contributed by atoms with Crippen LogP contribution in [-0.4, -0.2) is 24.5 Å². The van der Waals surface area contributed by atoms with Crippen molar-refractivity contribution in [2.75, 3.05) is 6.54 Å². The molecule has 0 aliphatic heterocycles. The Bertz CT molecular complexity index is 936. The molecule has 0 fully saturated rings. The van der Waals surface area contributed by atoms with E-state index < -0.39 is 10.0 Å². The minimum atomic E-state index is -3.36. The zero-order valence-corrected chi connectivity index (χ0v) is 15.6. The minimum Gasteiger partial charge on any atom is -0.328 e. The van der Waals surface area contributed by atoms with Gasteiger partial charge in [-0.1, -0.05) is 60.7 Å². The Morgan fingerprint density at radius 2 is 1.58 bits per heavy atom. The van der Waals surface area contributed by atoms with Gasteiger partial charge in [0.1, 0.15) is 5.82 Å². The first-order valence-electron chi connectivity index (χ1n) is 8.60. The molecule has 0 aliphatic rings. The average Bonchev–Trinajstić information content (AvgIpc) is 2.96. The zero-order chi connectivity index (χ0) is 18.4. The van der Waals surface area contributed by atoms with Gasteiger partial charge in [-0.3, -0.25) is 0 Å². The molecule has 0 bridgehead atoms. The van der Waals surface area contributed by atoms with Crippen molar-refractivity contribution in [2.24, 2.45) is 0 Å². The molecule has 0 amide bonds. The number of sulfonamides is 1. The Labute approximate surface area is 154 Å². The summed E-state index contributed by atoms with van der Waals surface area (Å²) >= 11 is 0. The van der Waals surface area contributed by atoms with E-state index in [1.54, 1.807) is 0 Å². The van der Waals surface area contributed by atoms with E-state index in [1.165, 1.54) is 5.56 Å². The SMILES string of the molecule is Cc1cnc(CCNS(=O)(=O)Cc2ccccc2)n1Cc1ccccc1. The molecular weight excluding hydrogens is 346 g/mol. The highest BCUT2D eigenvalue weighted by Crippen LogP contribution is 2.10. The Hall–Kier alpha value is -2.44. The number of nitrogens with zero attached hydrogens (tertiary/aromatic N) is 2. The first-order chi connectivity index (χ1) is 12.5. The Morgan fingerprint density at radius 1 is 0.962 bits per heavy atom. The summed E-state index contributed by atoms with van der Waals surface area (Å²) in [5, 5.41) is 0. The van der Waals surface area contributed by atoms with Gasteiger partial charge >= 0.3 is 0 Å². The first kappa shape index (κ1) is 18.4. The molecule has 3 aromatic rings. The quantitative estimate of drug-likeness (QED) is 0.664. The largest absolute Gasteiger partial charge is 0.328 e. The number of hydrogen-bond acceptors (Lipinski definition) is 3. The molecule has 0 atom stereocenters. The fraction of sp³-hybridized carbons (Fsp3) is 0.250. The van der Waals surface area contributed by atoms with Crippen molar-refractivity contribution in [2.45, 2.75) is 25.6 Å². The van der Waals surface area contributed by atoms with Gasteiger partial charge in [-0.25, -0.2) is 18.1 Å². The maximum Gasteiger partial charge on any atom is 0.215 e. The lowest BCUT2D eigenvalue weighted by Gasteiger charge is -2.11. The number of rotatable bonds is 8. The first-order valence-corrected chi connectivity index (χ1v) is 10.2. The van der Waals surface area contributed by atoms with Crippen LogP contribution in [0.2, 0.25) is 0 Å². The highest BCUT2D eigenvalue weighted by atomic mass is 32.2. The van der Waals surface area contributed by atoms with Crippen molar-refractivity contribution in [3.8, 4) is 0 Å². The van der Waals surface area contributed by atoms with E-state index in [2.05, 4.69) is 26.4 Å². The fourth-order valence-electron chi connectivity index (χ4n) is 2.86. The Kier molecular flexibility index (Phi) is 5.85. The van der Waals surface area contributed by atoms with Crippen LogP contribution in [0.5, 0.6) is 0 Å². The molecule has 1 N–H and O–H groups in total. The topological polar surface area (TPSA) is 64.0 Å². The van der Waals surface area contributed by atoms with Gasteiger partial charge in [0.25, 0.3) is 0 Å². The molecule has 0 aliphatic carbocycles. The van der Waals surface area contributed by atoms with Crippen LogP contribution in [0.1, 0.15) is 22.6 Å². The molecule has 2 aromatic carbocycles. The highest BCUT2D eigenvalue weighted by Gasteiger charge is 2.13. The predicted octanol–water partition coefficient (Wildman–Crippen LogP) is 2.90. The standard InChI is InChI=1S/C20H23N3O2S/c1-17-14-21-20(23(17)15-18-8-4-2-5-9-18)12-13-22-26(24,25)16-19-10-6-3-7-11-19/h2-11,14,22H,12-13,15-16H2,1H3. The van der Waals surface area contributed by atoms with Crippen molar-refractivity contribution in [1.29, 1.82) is 0 Å². The van der Waals surface area contributed by atoms with E-state index in [0.717, 1.165) is 23.6 Å². The van der Waals surface area contributed by atoms with E-state index in [0.29, 0.717) is 13.0 Å². The summed E-state index contributed by atoms with van der Waals surface area (Å²) in [4.78, 5) is 4.44. The summed E-state index contributed by atoms with van der Waals surface area (Å²) in [6, 6.07) is 19.4. The van der Waals surface area contributed by atoms with Crippen LogP contribution in [0, 0.1) is 6.92 Å². The van der Waals surface area contributed by atoms with Crippen LogP contribution < -0.4 is 4.72 Å². The van der Waals surface area contributed by atoms with Crippen LogP contribution in [0.3, 0.4) is 0 Å². The Balaban J connectivity index is 1.60. The van der Waals surface area contributed by atoms with Gasteiger partial charge in [0.05, 0.1) is 5.75 Å². The third kappa shape index (κ3) is 5.03. The van der Waals surface area contributed by atoms with Crippen LogP contribution in [0.15, 0.2) is 66.9 Å². The number of benzene rings is 2. The summed E-state index contributed by atoms with van der Waals surface area (Å²) in [5.41, 5.74) is 3.04. The van der Waals surface area contributed by atoms with E-state index in [4.69, 9.17) is 0 Å². The second-order valence-electron chi connectivity index (χ2n) is 6.28. The number of aryl methyl sites for hydroxylation is 1. The number of aromatic nitrogens is 2. The molecule has 3 rings (SSSR count). The summed E-state index contributed by atoms with van der Waals surface area (Å²) in [6.45, 7) is 3.08. The second kappa shape index (κ2) is 8.29. The van der Waals surface area contributed by atoms with Crippen molar-refractivity contribution < 1.29 is 8.42 Å². The lowest BCUT2D eigenvalue weighted by molar-refractivity contribution is 0.578. The van der Waals surface area contributed by atoms with E-state index in [1.807, 2.05) is 61.7 Å². The molecule has 6 heteroatoms. The second-order valence-corrected chi connectivity index (χ2v) is 8.08. The number of hydrogen-bond donors (Lipinski definition) is 1. The Morgan fingerprint density at radius 3 is 2.23 bits per heavy atom. The number of nitrogens with one attached hydrogen (secondary N) is 1. The van der Waals surface area contributed by atoms with Gasteiger partial charge < -0.3 is 4.57 Å². The predicted molar refractivity (Wildman–Crippen MR) is 103 cm³/mol. The lowest BCUT2D eigenvalue weighted by Crippen LogP contribution is -2.28. The van der Waals surface area contributed by atoms with E-state index >= 15 is 0 Å². The van der Waals surface area contributed by atoms with Crippen LogP contribution in [-0.2, 0) is 28.7 Å². The molecule has 0 radical (unpaired) electrons. The van der Waals surface area contributed by atoms with Crippen LogP contribution in [0.4, 0.5) is 0 Å². The van der Waals surface area contributed by atoms with E-state index in [9.17, 15) is 8.42 Å². The third-order valence-electron chi connectivity index (χ3n) is 4.19. The molecular formula is C20H23N3O2S. The molecule has 0 spiro atoms. The van der Waals surface area contributed by atoms with Gasteiger partial charge in [-0.15, -0.1) is 0 Å².